The SMILES string of the molecule is CC(C)C(=O)N1CCCC1C(=O)Nc1nc(-c2cc(Cl)ccc2Cl)cs1. The van der Waals surface area contributed by atoms with Gasteiger partial charge >= 0.3 is 0 Å². The molecule has 1 unspecified atom stereocenters. The minimum absolute atomic E-state index is 0.00758. The molecule has 1 fully saturated rings. The van der Waals surface area contributed by atoms with E-state index in [1.165, 1.54) is 11.3 Å². The minimum atomic E-state index is -0.438. The molecule has 1 saturated heterocycles. The summed E-state index contributed by atoms with van der Waals surface area (Å²) in [7, 11) is 0. The first-order chi connectivity index (χ1) is 12.4. The van der Waals surface area contributed by atoms with Crippen LogP contribution in [0.3, 0.4) is 0 Å². The molecule has 1 aliphatic rings. The molecular weight excluding hydrogens is 393 g/mol. The third kappa shape index (κ3) is 4.03. The normalized spacial score (nSPS) is 17.0. The molecule has 2 amide bonds. The Kier molecular flexibility index (Phi) is 5.85. The second-order valence-electron chi connectivity index (χ2n) is 6.50. The molecule has 8 heteroatoms. The summed E-state index contributed by atoms with van der Waals surface area (Å²) in [6.07, 6.45) is 1.50. The number of aromatic nitrogens is 1. The number of hydrogen-bond donors (Lipinski definition) is 1. The third-order valence-electron chi connectivity index (χ3n) is 4.27. The Bertz CT molecular complexity index is 838. The van der Waals surface area contributed by atoms with Crippen molar-refractivity contribution in [2.24, 2.45) is 5.92 Å². The van der Waals surface area contributed by atoms with Crippen molar-refractivity contribution in [1.82, 2.24) is 9.88 Å². The zero-order chi connectivity index (χ0) is 18.8. The van der Waals surface area contributed by atoms with Crippen molar-refractivity contribution >= 4 is 51.5 Å². The van der Waals surface area contributed by atoms with Crippen LogP contribution in [-0.4, -0.2) is 34.3 Å². The topological polar surface area (TPSA) is 62.3 Å². The van der Waals surface area contributed by atoms with Gasteiger partial charge in [-0.3, -0.25) is 9.59 Å². The highest BCUT2D eigenvalue weighted by Gasteiger charge is 2.35. The lowest BCUT2D eigenvalue weighted by molar-refractivity contribution is -0.139. The number of nitrogens with one attached hydrogen (secondary N) is 1. The van der Waals surface area contributed by atoms with E-state index in [0.717, 1.165) is 6.42 Å². The third-order valence-corrected chi connectivity index (χ3v) is 5.59. The Labute approximate surface area is 166 Å². The predicted molar refractivity (Wildman–Crippen MR) is 106 cm³/mol. The Balaban J connectivity index is 1.74. The molecule has 1 atom stereocenters. The zero-order valence-corrected chi connectivity index (χ0v) is 16.8. The number of benzene rings is 1. The van der Waals surface area contributed by atoms with Crippen molar-refractivity contribution in [2.45, 2.75) is 32.7 Å². The van der Waals surface area contributed by atoms with Crippen LogP contribution in [0.15, 0.2) is 23.6 Å². The van der Waals surface area contributed by atoms with E-state index in [9.17, 15) is 9.59 Å². The molecule has 1 N–H and O–H groups in total. The van der Waals surface area contributed by atoms with Crippen LogP contribution in [-0.2, 0) is 9.59 Å². The van der Waals surface area contributed by atoms with Crippen LogP contribution in [0, 0.1) is 5.92 Å². The highest BCUT2D eigenvalue weighted by atomic mass is 35.5. The Morgan fingerprint density at radius 2 is 2.12 bits per heavy atom. The average molecular weight is 412 g/mol. The number of halogens is 2. The fraction of sp³-hybridized carbons (Fsp3) is 0.389. The van der Waals surface area contributed by atoms with Gasteiger partial charge < -0.3 is 10.2 Å². The molecule has 0 saturated carbocycles. The van der Waals surface area contributed by atoms with Gasteiger partial charge in [0, 0.05) is 28.4 Å². The van der Waals surface area contributed by atoms with Gasteiger partial charge in [0.25, 0.3) is 0 Å². The number of rotatable bonds is 4. The predicted octanol–water partition coefficient (Wildman–Crippen LogP) is 4.70. The van der Waals surface area contributed by atoms with E-state index >= 15 is 0 Å². The van der Waals surface area contributed by atoms with Gasteiger partial charge in [-0.05, 0) is 31.0 Å². The molecule has 3 rings (SSSR count). The van der Waals surface area contributed by atoms with E-state index < -0.39 is 6.04 Å². The highest BCUT2D eigenvalue weighted by Crippen LogP contribution is 2.33. The molecule has 0 aliphatic carbocycles. The van der Waals surface area contributed by atoms with Gasteiger partial charge in [0.2, 0.25) is 11.8 Å². The van der Waals surface area contributed by atoms with Gasteiger partial charge in [-0.15, -0.1) is 11.3 Å². The van der Waals surface area contributed by atoms with Gasteiger partial charge in [-0.25, -0.2) is 4.98 Å². The van der Waals surface area contributed by atoms with E-state index in [0.29, 0.717) is 39.4 Å². The maximum absolute atomic E-state index is 12.6. The Hall–Kier alpha value is -1.63. The smallest absolute Gasteiger partial charge is 0.248 e. The first-order valence-electron chi connectivity index (χ1n) is 8.39. The monoisotopic (exact) mass is 411 g/mol. The second-order valence-corrected chi connectivity index (χ2v) is 8.20. The molecule has 1 aromatic heterocycles. The van der Waals surface area contributed by atoms with Crippen LogP contribution in [0.25, 0.3) is 11.3 Å². The molecule has 0 spiro atoms. The van der Waals surface area contributed by atoms with E-state index in [2.05, 4.69) is 10.3 Å². The number of carbonyl (C=O) groups is 2. The van der Waals surface area contributed by atoms with Crippen LogP contribution >= 0.6 is 34.5 Å². The number of thiazole rings is 1. The summed E-state index contributed by atoms with van der Waals surface area (Å²) >= 11 is 13.5. The van der Waals surface area contributed by atoms with Crippen molar-refractivity contribution in [3.05, 3.63) is 33.6 Å². The Morgan fingerprint density at radius 1 is 1.35 bits per heavy atom. The molecule has 1 aliphatic heterocycles. The largest absolute Gasteiger partial charge is 0.330 e. The molecule has 5 nitrogen and oxygen atoms in total. The lowest BCUT2D eigenvalue weighted by Crippen LogP contribution is -2.44. The van der Waals surface area contributed by atoms with E-state index in [1.807, 2.05) is 19.2 Å². The molecule has 138 valence electrons. The van der Waals surface area contributed by atoms with E-state index in [-0.39, 0.29) is 17.7 Å². The molecule has 2 aromatic rings. The summed E-state index contributed by atoms with van der Waals surface area (Å²) < 4.78 is 0. The van der Waals surface area contributed by atoms with E-state index in [1.54, 1.807) is 23.1 Å². The minimum Gasteiger partial charge on any atom is -0.330 e. The summed E-state index contributed by atoms with van der Waals surface area (Å²) in [5, 5.41) is 6.24. The number of hydrogen-bond acceptors (Lipinski definition) is 4. The zero-order valence-electron chi connectivity index (χ0n) is 14.5. The second kappa shape index (κ2) is 7.94. The van der Waals surface area contributed by atoms with Gasteiger partial charge in [-0.2, -0.15) is 0 Å². The first-order valence-corrected chi connectivity index (χ1v) is 10.0. The molecule has 0 radical (unpaired) electrons. The maximum Gasteiger partial charge on any atom is 0.248 e. The molecule has 26 heavy (non-hydrogen) atoms. The van der Waals surface area contributed by atoms with Crippen LogP contribution in [0.2, 0.25) is 10.0 Å². The van der Waals surface area contributed by atoms with Crippen molar-refractivity contribution in [3.63, 3.8) is 0 Å². The molecule has 0 bridgehead atoms. The van der Waals surface area contributed by atoms with Gasteiger partial charge in [-0.1, -0.05) is 37.0 Å². The summed E-state index contributed by atoms with van der Waals surface area (Å²) in [6.45, 7) is 4.31. The van der Waals surface area contributed by atoms with Gasteiger partial charge in [0.15, 0.2) is 5.13 Å². The number of nitrogens with zero attached hydrogens (tertiary/aromatic N) is 2. The van der Waals surface area contributed by atoms with Crippen molar-refractivity contribution in [1.29, 1.82) is 0 Å². The molecule has 1 aromatic carbocycles. The van der Waals surface area contributed by atoms with Crippen LogP contribution in [0.1, 0.15) is 26.7 Å². The lowest BCUT2D eigenvalue weighted by atomic mass is 10.1. The lowest BCUT2D eigenvalue weighted by Gasteiger charge is -2.25. The number of anilines is 1. The quantitative estimate of drug-likeness (QED) is 0.792. The average Bonchev–Trinajstić information content (AvgIpc) is 3.25. The number of amides is 2. The van der Waals surface area contributed by atoms with Crippen LogP contribution in [0.4, 0.5) is 5.13 Å². The van der Waals surface area contributed by atoms with E-state index in [4.69, 9.17) is 23.2 Å². The van der Waals surface area contributed by atoms with Crippen molar-refractivity contribution < 1.29 is 9.59 Å². The standard InChI is InChI=1S/C18H19Cl2N3O2S/c1-10(2)17(25)23-7-3-4-15(23)16(24)22-18-21-14(9-26-18)12-8-11(19)5-6-13(12)20/h5-6,8-10,15H,3-4,7H2,1-2H3,(H,21,22,24). The van der Waals surface area contributed by atoms with Gasteiger partial charge in [0.1, 0.15) is 6.04 Å². The summed E-state index contributed by atoms with van der Waals surface area (Å²) in [6, 6.07) is 4.73. The molecular formula is C18H19Cl2N3O2S. The van der Waals surface area contributed by atoms with Crippen molar-refractivity contribution in [2.75, 3.05) is 11.9 Å². The van der Waals surface area contributed by atoms with Gasteiger partial charge in [0.05, 0.1) is 10.7 Å². The Morgan fingerprint density at radius 3 is 2.85 bits per heavy atom. The van der Waals surface area contributed by atoms with Crippen LogP contribution < -0.4 is 5.32 Å². The first kappa shape index (κ1) is 19.1. The number of likely N-dealkylation sites (tertiary alicyclic amines) is 1. The van der Waals surface area contributed by atoms with Crippen molar-refractivity contribution in [3.8, 4) is 11.3 Å². The highest BCUT2D eigenvalue weighted by molar-refractivity contribution is 7.14. The summed E-state index contributed by atoms with van der Waals surface area (Å²) in [5.41, 5.74) is 1.37. The maximum atomic E-state index is 12.6. The summed E-state index contributed by atoms with van der Waals surface area (Å²) in [4.78, 5) is 31.0. The fourth-order valence-electron chi connectivity index (χ4n) is 2.97. The summed E-state index contributed by atoms with van der Waals surface area (Å²) in [5.74, 6) is -0.317. The fourth-order valence-corrected chi connectivity index (χ4v) is 4.07. The number of carbonyl (C=O) groups excluding carboxylic acids is 2. The molecule has 2 heterocycles. The van der Waals surface area contributed by atoms with Crippen LogP contribution in [0.5, 0.6) is 0 Å².